The zero-order valence-electron chi connectivity index (χ0n) is 12.2. The van der Waals surface area contributed by atoms with Gasteiger partial charge < -0.3 is 10.5 Å². The van der Waals surface area contributed by atoms with Gasteiger partial charge in [-0.2, -0.15) is 5.26 Å². The van der Waals surface area contributed by atoms with Crippen molar-refractivity contribution in [3.05, 3.63) is 40.8 Å². The summed E-state index contributed by atoms with van der Waals surface area (Å²) in [6.45, 7) is 0. The van der Waals surface area contributed by atoms with Crippen molar-refractivity contribution >= 4 is 39.0 Å². The molecule has 2 aromatic heterocycles. The molecule has 0 saturated heterocycles. The summed E-state index contributed by atoms with van der Waals surface area (Å²) in [6.07, 6.45) is 0. The van der Waals surface area contributed by atoms with Gasteiger partial charge in [0, 0.05) is 5.56 Å². The maximum Gasteiger partial charge on any atom is 0.350 e. The third kappa shape index (κ3) is 2.25. The molecule has 0 amide bonds. The van der Waals surface area contributed by atoms with E-state index in [1.54, 1.807) is 0 Å². The Labute approximate surface area is 135 Å². The van der Waals surface area contributed by atoms with E-state index in [1.807, 2.05) is 30.3 Å². The number of carbonyl (C=O) groups is 1. The lowest BCUT2D eigenvalue weighted by atomic mass is 9.97. The van der Waals surface area contributed by atoms with E-state index in [-0.39, 0.29) is 16.4 Å². The van der Waals surface area contributed by atoms with Crippen molar-refractivity contribution in [3.63, 3.8) is 0 Å². The summed E-state index contributed by atoms with van der Waals surface area (Å²) >= 11 is 1.15. The van der Waals surface area contributed by atoms with Gasteiger partial charge in [0.15, 0.2) is 4.83 Å². The Kier molecular flexibility index (Phi) is 3.60. The molecule has 3 aromatic rings. The third-order valence-electron chi connectivity index (χ3n) is 3.51. The van der Waals surface area contributed by atoms with Crippen LogP contribution in [-0.2, 0) is 4.74 Å². The number of nitrogens with zero attached hydrogens (tertiary/aromatic N) is 1. The maximum absolute atomic E-state index is 11.9. The van der Waals surface area contributed by atoms with Crippen molar-refractivity contribution in [1.29, 1.82) is 5.26 Å². The maximum atomic E-state index is 11.9. The van der Waals surface area contributed by atoms with Crippen molar-refractivity contribution in [2.45, 2.75) is 0 Å². The topological polar surface area (TPSA) is 116 Å². The van der Waals surface area contributed by atoms with Gasteiger partial charge in [0.1, 0.15) is 16.5 Å². The molecule has 7 heteroatoms. The number of nitrogens with two attached hydrogens (primary N) is 2. The van der Waals surface area contributed by atoms with Crippen LogP contribution < -0.4 is 16.5 Å². The molecule has 0 aliphatic heterocycles. The molecule has 0 saturated carbocycles. The molecule has 0 unspecified atom stereocenters. The number of aromatic amines is 1. The quantitative estimate of drug-likeness (QED) is 0.701. The highest BCUT2D eigenvalue weighted by atomic mass is 32.1. The predicted molar refractivity (Wildman–Crippen MR) is 88.7 cm³/mol. The van der Waals surface area contributed by atoms with Crippen LogP contribution in [0.2, 0.25) is 0 Å². The summed E-state index contributed by atoms with van der Waals surface area (Å²) in [5.41, 5.74) is 14.1. The standard InChI is InChI=1S/C16H12N4O2S/c1-22-16(21)13-12(18)11-10(8-5-3-2-4-6-8)9(7-17)14(19)20-15(11)23-13/h2-6H,18H2,1H3,(H2,19,20)/p+1. The van der Waals surface area contributed by atoms with Gasteiger partial charge >= 0.3 is 5.97 Å². The largest absolute Gasteiger partial charge is 0.465 e. The van der Waals surface area contributed by atoms with Crippen LogP contribution in [-0.4, -0.2) is 13.1 Å². The number of carbonyl (C=O) groups excluding carboxylic acids is 1. The van der Waals surface area contributed by atoms with Crippen molar-refractivity contribution in [1.82, 2.24) is 0 Å². The average Bonchev–Trinajstić information content (AvgIpc) is 2.90. The van der Waals surface area contributed by atoms with Gasteiger partial charge in [0.25, 0.3) is 5.82 Å². The molecule has 23 heavy (non-hydrogen) atoms. The molecule has 0 radical (unpaired) electrons. The molecule has 0 atom stereocenters. The monoisotopic (exact) mass is 325 g/mol. The summed E-state index contributed by atoms with van der Waals surface area (Å²) in [6, 6.07) is 11.4. The van der Waals surface area contributed by atoms with Gasteiger partial charge in [-0.15, -0.1) is 0 Å². The Bertz CT molecular complexity index is 958. The number of pyridine rings is 1. The van der Waals surface area contributed by atoms with E-state index in [4.69, 9.17) is 16.2 Å². The van der Waals surface area contributed by atoms with Crippen LogP contribution >= 0.6 is 11.3 Å². The lowest BCUT2D eigenvalue weighted by Gasteiger charge is -2.06. The van der Waals surface area contributed by atoms with Gasteiger partial charge in [-0.1, -0.05) is 41.7 Å². The molecule has 0 aliphatic carbocycles. The average molecular weight is 325 g/mol. The van der Waals surface area contributed by atoms with Gasteiger partial charge in [0.05, 0.1) is 18.2 Å². The lowest BCUT2D eigenvalue weighted by Crippen LogP contribution is -2.13. The first-order valence-electron chi connectivity index (χ1n) is 6.69. The van der Waals surface area contributed by atoms with E-state index >= 15 is 0 Å². The fraction of sp³-hybridized carbons (Fsp3) is 0.0625. The minimum Gasteiger partial charge on any atom is -0.465 e. The van der Waals surface area contributed by atoms with Crippen LogP contribution in [0.1, 0.15) is 15.2 Å². The minimum atomic E-state index is -0.520. The van der Waals surface area contributed by atoms with Crippen LogP contribution in [0.25, 0.3) is 21.3 Å². The third-order valence-corrected chi connectivity index (χ3v) is 4.61. The van der Waals surface area contributed by atoms with Crippen molar-refractivity contribution in [3.8, 4) is 17.2 Å². The molecule has 0 aliphatic rings. The molecular weight excluding hydrogens is 312 g/mol. The molecule has 0 bridgehead atoms. The SMILES string of the molecule is COC(=O)c1sc2[nH+]c(N)c(C#N)c(-c3ccccc3)c2c1N. The van der Waals surface area contributed by atoms with E-state index in [1.165, 1.54) is 7.11 Å². The summed E-state index contributed by atoms with van der Waals surface area (Å²) in [5.74, 6) is -0.287. The number of H-pyrrole nitrogens is 1. The van der Waals surface area contributed by atoms with Crippen molar-refractivity contribution < 1.29 is 14.5 Å². The van der Waals surface area contributed by atoms with Crippen LogP contribution in [0, 0.1) is 11.3 Å². The first-order valence-corrected chi connectivity index (χ1v) is 7.50. The second-order valence-electron chi connectivity index (χ2n) is 4.81. The van der Waals surface area contributed by atoms with Crippen LogP contribution in [0.4, 0.5) is 11.5 Å². The second kappa shape index (κ2) is 5.59. The smallest absolute Gasteiger partial charge is 0.350 e. The molecular formula is C16H13N4O2S+. The highest BCUT2D eigenvalue weighted by molar-refractivity contribution is 7.20. The van der Waals surface area contributed by atoms with E-state index in [0.717, 1.165) is 16.9 Å². The fourth-order valence-corrected chi connectivity index (χ4v) is 3.54. The summed E-state index contributed by atoms with van der Waals surface area (Å²) in [7, 11) is 1.29. The number of aromatic nitrogens is 1. The number of fused-ring (bicyclic) bond motifs is 1. The number of benzene rings is 1. The summed E-state index contributed by atoms with van der Waals surface area (Å²) in [4.78, 5) is 15.7. The molecule has 2 heterocycles. The number of ether oxygens (including phenoxy) is 1. The molecule has 3 rings (SSSR count). The highest BCUT2D eigenvalue weighted by Crippen LogP contribution is 2.41. The zero-order valence-corrected chi connectivity index (χ0v) is 13.0. The van der Waals surface area contributed by atoms with Crippen molar-refractivity contribution in [2.24, 2.45) is 0 Å². The number of nitrogen functional groups attached to an aromatic ring is 2. The van der Waals surface area contributed by atoms with E-state index < -0.39 is 5.97 Å². The molecule has 0 spiro atoms. The Morgan fingerprint density at radius 2 is 2.00 bits per heavy atom. The summed E-state index contributed by atoms with van der Waals surface area (Å²) < 4.78 is 4.76. The molecule has 114 valence electrons. The first-order chi connectivity index (χ1) is 11.1. The van der Waals surface area contributed by atoms with E-state index in [2.05, 4.69) is 11.1 Å². The number of anilines is 2. The van der Waals surface area contributed by atoms with Gasteiger partial charge in [-0.25, -0.2) is 9.78 Å². The Hall–Kier alpha value is -3.11. The van der Waals surface area contributed by atoms with Gasteiger partial charge in [-0.3, -0.25) is 5.73 Å². The normalized spacial score (nSPS) is 10.4. The van der Waals surface area contributed by atoms with Gasteiger partial charge in [0.2, 0.25) is 0 Å². The molecule has 1 aromatic carbocycles. The Morgan fingerprint density at radius 1 is 1.30 bits per heavy atom. The van der Waals surface area contributed by atoms with Crippen LogP contribution in [0.15, 0.2) is 30.3 Å². The lowest BCUT2D eigenvalue weighted by molar-refractivity contribution is -0.323. The van der Waals surface area contributed by atoms with E-state index in [9.17, 15) is 10.1 Å². The molecule has 5 N–H and O–H groups in total. The minimum absolute atomic E-state index is 0.233. The number of rotatable bonds is 2. The number of hydrogen-bond acceptors (Lipinski definition) is 6. The Balaban J connectivity index is 2.47. The van der Waals surface area contributed by atoms with Gasteiger partial charge in [-0.05, 0) is 5.56 Å². The highest BCUT2D eigenvalue weighted by Gasteiger charge is 2.26. The first kappa shape index (κ1) is 14.8. The number of esters is 1. The fourth-order valence-electron chi connectivity index (χ4n) is 2.48. The van der Waals surface area contributed by atoms with Crippen LogP contribution in [0.5, 0.6) is 0 Å². The number of nitrogens with one attached hydrogen (secondary N) is 1. The second-order valence-corrected chi connectivity index (χ2v) is 5.83. The van der Waals surface area contributed by atoms with Crippen LogP contribution in [0.3, 0.4) is 0 Å². The predicted octanol–water partition coefficient (Wildman–Crippen LogP) is 2.21. The zero-order chi connectivity index (χ0) is 16.6. The number of thiophene rings is 1. The van der Waals surface area contributed by atoms with E-state index in [0.29, 0.717) is 21.3 Å². The van der Waals surface area contributed by atoms with Crippen molar-refractivity contribution in [2.75, 3.05) is 18.6 Å². The number of nitriles is 1. The number of methoxy groups -OCH3 is 1. The Morgan fingerprint density at radius 3 is 2.61 bits per heavy atom. The molecule has 6 nitrogen and oxygen atoms in total. The summed E-state index contributed by atoms with van der Waals surface area (Å²) in [5, 5.41) is 10.1. The molecule has 0 fully saturated rings. The number of hydrogen-bond donors (Lipinski definition) is 2.